The molecule has 0 radical (unpaired) electrons. The molecule has 188 valence electrons. The Hall–Kier alpha value is -3.40. The summed E-state index contributed by atoms with van der Waals surface area (Å²) < 4.78 is 47.4. The first kappa shape index (κ1) is 25.7. The fourth-order valence-corrected chi connectivity index (χ4v) is 4.72. The number of aryl methyl sites for hydroxylation is 1. The Morgan fingerprint density at radius 3 is 2.50 bits per heavy atom. The van der Waals surface area contributed by atoms with Crippen molar-refractivity contribution in [2.24, 2.45) is 0 Å². The number of alkyl halides is 3. The van der Waals surface area contributed by atoms with E-state index in [4.69, 9.17) is 9.72 Å². The number of halogens is 3. The Kier molecular flexibility index (Phi) is 6.59. The molecule has 0 N–H and O–H groups in total. The second kappa shape index (κ2) is 9.24. The van der Waals surface area contributed by atoms with Gasteiger partial charge in [0.2, 0.25) is 0 Å². The van der Waals surface area contributed by atoms with Crippen LogP contribution < -0.4 is 0 Å². The summed E-state index contributed by atoms with van der Waals surface area (Å²) in [7, 11) is 0. The van der Waals surface area contributed by atoms with E-state index in [1.54, 1.807) is 45.9 Å². The monoisotopic (exact) mass is 515 g/mol. The average Bonchev–Trinajstić information content (AvgIpc) is 3.08. The van der Waals surface area contributed by atoms with Crippen molar-refractivity contribution in [2.75, 3.05) is 5.75 Å². The van der Waals surface area contributed by atoms with Crippen LogP contribution in [0.15, 0.2) is 41.4 Å². The van der Waals surface area contributed by atoms with Crippen LogP contribution >= 0.6 is 11.8 Å². The highest BCUT2D eigenvalue weighted by atomic mass is 32.2. The molecule has 10 heteroatoms. The first-order valence-electron chi connectivity index (χ1n) is 11.2. The summed E-state index contributed by atoms with van der Waals surface area (Å²) in [6.07, 6.45) is -4.02. The summed E-state index contributed by atoms with van der Waals surface area (Å²) in [6, 6.07) is 7.89. The van der Waals surface area contributed by atoms with E-state index in [0.717, 1.165) is 27.1 Å². The summed E-state index contributed by atoms with van der Waals surface area (Å²) in [5.41, 5.74) is 0.451. The van der Waals surface area contributed by atoms with E-state index >= 15 is 0 Å². The van der Waals surface area contributed by atoms with E-state index in [2.05, 4.69) is 4.98 Å². The summed E-state index contributed by atoms with van der Waals surface area (Å²) in [6.45, 7) is 8.68. The van der Waals surface area contributed by atoms with Crippen LogP contribution in [-0.2, 0) is 10.9 Å². The maximum atomic E-state index is 13.6. The summed E-state index contributed by atoms with van der Waals surface area (Å²) >= 11 is 1.48. The summed E-state index contributed by atoms with van der Waals surface area (Å²) in [5.74, 6) is 0.689. The summed E-state index contributed by atoms with van der Waals surface area (Å²) in [5, 5.41) is 0.787. The van der Waals surface area contributed by atoms with Gasteiger partial charge in [0.1, 0.15) is 17.6 Å². The molecule has 1 aromatic carbocycles. The molecule has 3 aromatic heterocycles. The molecule has 0 saturated carbocycles. The maximum Gasteiger partial charge on any atom is 0.419 e. The minimum Gasteiger partial charge on any atom is -0.443 e. The van der Waals surface area contributed by atoms with Crippen molar-refractivity contribution in [3.8, 4) is 11.4 Å². The number of thioether (sulfide) groups is 1. The minimum absolute atomic E-state index is 0.0254. The van der Waals surface area contributed by atoms with Gasteiger partial charge in [-0.1, -0.05) is 19.1 Å². The molecular formula is C26H24F3N3O3S. The fraction of sp³-hybridized carbons (Fsp3) is 0.308. The molecular weight excluding hydrogens is 491 g/mol. The predicted octanol–water partition coefficient (Wildman–Crippen LogP) is 7.29. The lowest BCUT2D eigenvalue weighted by molar-refractivity contribution is -0.137. The molecule has 0 aliphatic heterocycles. The number of fused-ring (bicyclic) bond motifs is 2. The average molecular weight is 516 g/mol. The van der Waals surface area contributed by atoms with E-state index in [0.29, 0.717) is 40.1 Å². The highest BCUT2D eigenvalue weighted by Gasteiger charge is 2.34. The molecule has 0 amide bonds. The van der Waals surface area contributed by atoms with Crippen LogP contribution in [-0.4, -0.2) is 38.3 Å². The van der Waals surface area contributed by atoms with Crippen LogP contribution in [0.4, 0.5) is 18.0 Å². The molecule has 0 bridgehead atoms. The zero-order valence-corrected chi connectivity index (χ0v) is 21.2. The number of hydrogen-bond donors (Lipinski definition) is 0. The van der Waals surface area contributed by atoms with Gasteiger partial charge in [0.25, 0.3) is 0 Å². The lowest BCUT2D eigenvalue weighted by atomic mass is 10.1. The third-order valence-electron chi connectivity index (χ3n) is 5.41. The SMILES string of the molecule is CCSc1cc2ccc(C=O)cc2nc1-c1c(C)c2ncc(C(F)(F)F)cc2n1C(=O)OC(C)(C)C. The standard InChI is InChI=1S/C26H24F3N3O3S/c1-6-36-20-10-16-8-7-15(13-33)9-18(16)31-22(20)23-14(2)21-19(11-17(12-30-21)26(27,28)29)32(23)24(34)35-25(3,4)5/h7-13H,6H2,1-5H3. The molecule has 0 fully saturated rings. The van der Waals surface area contributed by atoms with Crippen LogP contribution in [0.2, 0.25) is 0 Å². The molecule has 3 heterocycles. The zero-order chi connectivity index (χ0) is 26.4. The number of benzene rings is 1. The van der Waals surface area contributed by atoms with E-state index < -0.39 is 23.4 Å². The van der Waals surface area contributed by atoms with Crippen molar-refractivity contribution in [1.82, 2.24) is 14.5 Å². The number of pyridine rings is 2. The van der Waals surface area contributed by atoms with E-state index in [9.17, 15) is 22.8 Å². The van der Waals surface area contributed by atoms with Gasteiger partial charge in [-0.25, -0.2) is 14.3 Å². The largest absolute Gasteiger partial charge is 0.443 e. The van der Waals surface area contributed by atoms with Gasteiger partial charge in [0.15, 0.2) is 0 Å². The fourth-order valence-electron chi connectivity index (χ4n) is 3.92. The lowest BCUT2D eigenvalue weighted by Gasteiger charge is -2.21. The normalized spacial score (nSPS) is 12.3. The van der Waals surface area contributed by atoms with Gasteiger partial charge < -0.3 is 4.74 Å². The van der Waals surface area contributed by atoms with Crippen molar-refractivity contribution in [3.63, 3.8) is 0 Å². The number of carbonyl (C=O) groups is 2. The van der Waals surface area contributed by atoms with E-state index in [1.165, 1.54) is 11.8 Å². The molecule has 0 atom stereocenters. The van der Waals surface area contributed by atoms with Crippen molar-refractivity contribution in [1.29, 1.82) is 0 Å². The van der Waals surface area contributed by atoms with Gasteiger partial charge in [0, 0.05) is 27.6 Å². The molecule has 6 nitrogen and oxygen atoms in total. The summed E-state index contributed by atoms with van der Waals surface area (Å²) in [4.78, 5) is 34.3. The first-order valence-corrected chi connectivity index (χ1v) is 12.2. The van der Waals surface area contributed by atoms with Crippen molar-refractivity contribution >= 4 is 46.1 Å². The van der Waals surface area contributed by atoms with Gasteiger partial charge in [-0.15, -0.1) is 11.8 Å². The molecule has 4 aromatic rings. The highest BCUT2D eigenvalue weighted by Crippen LogP contribution is 2.40. The molecule has 0 aliphatic carbocycles. The second-order valence-electron chi connectivity index (χ2n) is 9.22. The third kappa shape index (κ3) is 4.82. The predicted molar refractivity (Wildman–Crippen MR) is 134 cm³/mol. The van der Waals surface area contributed by atoms with Crippen LogP contribution in [0, 0.1) is 6.92 Å². The molecule has 0 unspecified atom stereocenters. The maximum absolute atomic E-state index is 13.6. The van der Waals surface area contributed by atoms with Gasteiger partial charge in [-0.3, -0.25) is 9.78 Å². The van der Waals surface area contributed by atoms with Gasteiger partial charge in [0.05, 0.1) is 27.8 Å². The van der Waals surface area contributed by atoms with E-state index in [-0.39, 0.29) is 11.0 Å². The second-order valence-corrected chi connectivity index (χ2v) is 10.5. The Balaban J connectivity index is 2.11. The zero-order valence-electron chi connectivity index (χ0n) is 20.4. The molecule has 4 rings (SSSR count). The van der Waals surface area contributed by atoms with Gasteiger partial charge in [-0.2, -0.15) is 13.2 Å². The quantitative estimate of drug-likeness (QED) is 0.210. The van der Waals surface area contributed by atoms with Gasteiger partial charge >= 0.3 is 12.3 Å². The van der Waals surface area contributed by atoms with Crippen molar-refractivity contribution in [3.05, 3.63) is 53.2 Å². The van der Waals surface area contributed by atoms with Crippen LogP contribution in [0.3, 0.4) is 0 Å². The number of ether oxygens (including phenoxy) is 1. The number of rotatable bonds is 4. The van der Waals surface area contributed by atoms with Crippen LogP contribution in [0.25, 0.3) is 33.3 Å². The minimum atomic E-state index is -4.64. The van der Waals surface area contributed by atoms with Crippen LogP contribution in [0.5, 0.6) is 0 Å². The number of nitrogens with zero attached hydrogens (tertiary/aromatic N) is 3. The molecule has 36 heavy (non-hydrogen) atoms. The Labute approximate surface area is 209 Å². The van der Waals surface area contributed by atoms with Gasteiger partial charge in [-0.05, 0) is 51.6 Å². The third-order valence-corrected chi connectivity index (χ3v) is 6.32. The Morgan fingerprint density at radius 1 is 1.17 bits per heavy atom. The smallest absolute Gasteiger partial charge is 0.419 e. The lowest BCUT2D eigenvalue weighted by Crippen LogP contribution is -2.27. The molecule has 0 aliphatic rings. The molecule has 0 spiro atoms. The van der Waals surface area contributed by atoms with Crippen LogP contribution in [0.1, 0.15) is 49.2 Å². The number of carbonyl (C=O) groups excluding carboxylic acids is 2. The Bertz CT molecular complexity index is 1500. The van der Waals surface area contributed by atoms with Crippen molar-refractivity contribution < 1.29 is 27.5 Å². The molecule has 0 saturated heterocycles. The number of aldehydes is 1. The topological polar surface area (TPSA) is 74.1 Å². The highest BCUT2D eigenvalue weighted by molar-refractivity contribution is 7.99. The van der Waals surface area contributed by atoms with Crippen molar-refractivity contribution in [2.45, 2.75) is 51.3 Å². The Morgan fingerprint density at radius 2 is 1.89 bits per heavy atom. The first-order chi connectivity index (χ1) is 16.8. The van der Waals surface area contributed by atoms with E-state index in [1.807, 2.05) is 13.0 Å². The number of hydrogen-bond acceptors (Lipinski definition) is 6. The number of aromatic nitrogens is 3.